The van der Waals surface area contributed by atoms with Crippen LogP contribution in [0.25, 0.3) is 10.8 Å². The van der Waals surface area contributed by atoms with Gasteiger partial charge in [0.1, 0.15) is 26.2 Å². The van der Waals surface area contributed by atoms with Gasteiger partial charge in [0.05, 0.1) is 15.5 Å². The van der Waals surface area contributed by atoms with Crippen molar-refractivity contribution in [3.05, 3.63) is 83.3 Å². The van der Waals surface area contributed by atoms with Crippen LogP contribution in [0.5, 0.6) is 5.75 Å². The number of aromatic hydroxyl groups is 1. The Morgan fingerprint density at radius 1 is 0.707 bits per heavy atom. The van der Waals surface area contributed by atoms with Crippen LogP contribution in [0.2, 0.25) is 5.02 Å². The second-order valence-electron chi connectivity index (χ2n) is 10.5. The quantitative estimate of drug-likeness (QED) is 0.0348. The van der Waals surface area contributed by atoms with Crippen LogP contribution in [0.15, 0.2) is 90.5 Å². The smallest absolute Gasteiger partial charge is 0.313 e. The van der Waals surface area contributed by atoms with E-state index in [1.807, 2.05) is 0 Å². The largest absolute Gasteiger partial charge is 0.505 e. The van der Waals surface area contributed by atoms with Gasteiger partial charge < -0.3 is 15.7 Å². The molecule has 5 rings (SSSR count). The zero-order valence-electron chi connectivity index (χ0n) is 29.7. The number of fused-ring (bicyclic) bond motifs is 1. The fraction of sp³-hybridized carbons (Fsp3) is 0. The summed E-state index contributed by atoms with van der Waals surface area (Å²) < 4.78 is 162. The van der Waals surface area contributed by atoms with Gasteiger partial charge in [-0.3, -0.25) is 23.0 Å². The molecule has 4 radical (unpaired) electrons. The van der Waals surface area contributed by atoms with Gasteiger partial charge >= 0.3 is 6.08 Å². The molecule has 0 atom stereocenters. The standard InChI is InChI=1S/C27H17ClF2N6O14S4.4Na/c28-21-24(29)33-27(30)34-25(21)31-13-3-1-2-11(6-13)26(38)32-17-10-15(52(42,43)44)7-12-8-19(54(48,49)50)22(23(37)20(12)17)36-35-16-9-14(51(39,40)41)4-5-18(16)53(45,46)47;;;;/h1-10,37H,(H,32,38)(H,31,33,34)(H,39,40,41)(H,42,43,44)(H,45,46,47)(H,48,49,50);;;;. The normalized spacial score (nSPS) is 11.8. The van der Waals surface area contributed by atoms with E-state index >= 15 is 0 Å². The van der Waals surface area contributed by atoms with E-state index in [1.54, 1.807) is 0 Å². The van der Waals surface area contributed by atoms with Crippen molar-refractivity contribution in [3.63, 3.8) is 0 Å². The molecule has 1 amide bonds. The molecule has 0 unspecified atom stereocenters. The molecule has 0 aliphatic carbocycles. The molecule has 0 saturated heterocycles. The molecule has 0 aliphatic rings. The molecule has 20 nitrogen and oxygen atoms in total. The number of phenols is 1. The maximum atomic E-state index is 13.8. The van der Waals surface area contributed by atoms with Crippen LogP contribution in [-0.2, 0) is 40.5 Å². The topological polar surface area (TPSA) is 329 Å². The SMILES string of the molecule is O=C(Nc1cc(S(=O)(=O)O)cc2cc(S(=O)(=O)O)c(N=Nc3cc(S(=O)(=O)O)ccc3S(=O)(=O)O)c(O)c12)c1cccc(Nc2nc(F)nc(F)c2Cl)c1.[Na].[Na].[Na].[Na]. The minimum Gasteiger partial charge on any atom is -0.505 e. The molecule has 58 heavy (non-hydrogen) atoms. The van der Waals surface area contributed by atoms with Gasteiger partial charge in [0.15, 0.2) is 11.6 Å². The number of carbonyl (C=O) groups is 1. The summed E-state index contributed by atoms with van der Waals surface area (Å²) in [4.78, 5) is 15.1. The zero-order valence-corrected chi connectivity index (χ0v) is 41.8. The number of amides is 1. The summed E-state index contributed by atoms with van der Waals surface area (Å²) in [5.41, 5.74) is -3.28. The van der Waals surface area contributed by atoms with Crippen LogP contribution in [-0.4, -0.2) is 191 Å². The third kappa shape index (κ3) is 12.9. The number of phenolic OH excluding ortho intramolecular Hbond substituents is 1. The number of carbonyl (C=O) groups excluding carboxylic acids is 1. The molecule has 0 saturated carbocycles. The van der Waals surface area contributed by atoms with E-state index in [2.05, 4.69) is 30.8 Å². The van der Waals surface area contributed by atoms with Crippen molar-refractivity contribution in [3.8, 4) is 5.75 Å². The minimum absolute atomic E-state index is 0. The van der Waals surface area contributed by atoms with Crippen molar-refractivity contribution in [2.45, 2.75) is 19.6 Å². The van der Waals surface area contributed by atoms with Gasteiger partial charge in [0.25, 0.3) is 46.4 Å². The van der Waals surface area contributed by atoms with E-state index in [0.29, 0.717) is 36.4 Å². The van der Waals surface area contributed by atoms with Crippen LogP contribution < -0.4 is 10.6 Å². The number of anilines is 3. The first kappa shape index (κ1) is 54.7. The van der Waals surface area contributed by atoms with Crippen LogP contribution in [0.3, 0.4) is 0 Å². The van der Waals surface area contributed by atoms with Gasteiger partial charge in [-0.15, -0.1) is 10.2 Å². The first-order chi connectivity index (χ1) is 24.8. The number of rotatable bonds is 10. The summed E-state index contributed by atoms with van der Waals surface area (Å²) in [6.45, 7) is 0. The number of nitrogens with zero attached hydrogens (tertiary/aromatic N) is 4. The van der Waals surface area contributed by atoms with Gasteiger partial charge in [0.2, 0.25) is 5.95 Å². The Labute approximate surface area is 419 Å². The van der Waals surface area contributed by atoms with Crippen molar-refractivity contribution < 1.29 is 70.6 Å². The van der Waals surface area contributed by atoms with E-state index in [0.717, 1.165) is 6.07 Å². The third-order valence-electron chi connectivity index (χ3n) is 6.88. The van der Waals surface area contributed by atoms with E-state index in [1.165, 1.54) is 18.2 Å². The van der Waals surface area contributed by atoms with Gasteiger partial charge in [0, 0.05) is 135 Å². The Balaban J connectivity index is 0.00000420. The fourth-order valence-electron chi connectivity index (χ4n) is 4.60. The molecule has 0 fully saturated rings. The zero-order chi connectivity index (χ0) is 40.1. The summed E-state index contributed by atoms with van der Waals surface area (Å²) in [5, 5.41) is 20.9. The molecule has 288 valence electrons. The van der Waals surface area contributed by atoms with E-state index in [4.69, 9.17) is 11.6 Å². The molecular weight excluding hydrogens is 926 g/mol. The Morgan fingerprint density at radius 3 is 1.88 bits per heavy atom. The Kier molecular flexibility index (Phi) is 19.5. The first-order valence-corrected chi connectivity index (χ1v) is 19.8. The molecule has 5 aromatic rings. The number of hydrogen-bond acceptors (Lipinski definition) is 15. The van der Waals surface area contributed by atoms with Crippen LogP contribution in [0.1, 0.15) is 10.4 Å². The number of hydrogen-bond donors (Lipinski definition) is 7. The molecular formula is C27H17ClF2N6Na4O14S4. The maximum absolute atomic E-state index is 13.8. The average Bonchev–Trinajstić information content (AvgIpc) is 3.04. The van der Waals surface area contributed by atoms with Crippen molar-refractivity contribution in [1.82, 2.24) is 9.97 Å². The fourth-order valence-corrected chi connectivity index (χ4v) is 7.04. The Morgan fingerprint density at radius 2 is 1.31 bits per heavy atom. The van der Waals surface area contributed by atoms with E-state index in [9.17, 15) is 70.6 Å². The molecule has 0 bridgehead atoms. The number of benzene rings is 4. The number of azo groups is 1. The predicted molar refractivity (Wildman–Crippen MR) is 203 cm³/mol. The molecule has 4 aromatic carbocycles. The van der Waals surface area contributed by atoms with E-state index < -0.39 is 122 Å². The van der Waals surface area contributed by atoms with Gasteiger partial charge in [-0.25, -0.2) is 0 Å². The second kappa shape index (κ2) is 20.7. The van der Waals surface area contributed by atoms with Crippen molar-refractivity contribution in [1.29, 1.82) is 0 Å². The number of nitrogens with one attached hydrogen (secondary N) is 2. The van der Waals surface area contributed by atoms with Crippen molar-refractivity contribution >= 4 is 216 Å². The monoisotopic (exact) mass is 942 g/mol. The van der Waals surface area contributed by atoms with Crippen molar-refractivity contribution in [2.75, 3.05) is 10.6 Å². The maximum Gasteiger partial charge on any atom is 0.313 e. The molecule has 1 aromatic heterocycles. The number of aromatic nitrogens is 2. The summed E-state index contributed by atoms with van der Waals surface area (Å²) in [5.74, 6) is -4.37. The summed E-state index contributed by atoms with van der Waals surface area (Å²) in [6, 6.07) is 7.94. The average molecular weight is 943 g/mol. The Bertz CT molecular complexity index is 2940. The Hall–Kier alpha value is -1.32. The van der Waals surface area contributed by atoms with Gasteiger partial charge in [-0.2, -0.15) is 52.4 Å². The summed E-state index contributed by atoms with van der Waals surface area (Å²) >= 11 is 5.77. The first-order valence-electron chi connectivity index (χ1n) is 13.7. The summed E-state index contributed by atoms with van der Waals surface area (Å²) in [6.07, 6.45) is -1.49. The minimum atomic E-state index is -5.48. The van der Waals surface area contributed by atoms with Crippen molar-refractivity contribution in [2.24, 2.45) is 10.2 Å². The second-order valence-corrected chi connectivity index (χ2v) is 16.5. The van der Waals surface area contributed by atoms with Crippen LogP contribution in [0, 0.1) is 12.0 Å². The molecule has 31 heteroatoms. The molecule has 0 aliphatic heterocycles. The van der Waals surface area contributed by atoms with E-state index in [-0.39, 0.29) is 129 Å². The predicted octanol–water partition coefficient (Wildman–Crippen LogP) is 3.14. The number of halogens is 3. The van der Waals surface area contributed by atoms with Gasteiger partial charge in [-0.05, 0) is 60.0 Å². The van der Waals surface area contributed by atoms with Crippen LogP contribution >= 0.6 is 11.6 Å². The third-order valence-corrected chi connectivity index (χ3v) is 10.7. The molecule has 1 heterocycles. The molecule has 0 spiro atoms. The summed E-state index contributed by atoms with van der Waals surface area (Å²) in [7, 11) is -20.9. The van der Waals surface area contributed by atoms with Gasteiger partial charge in [-0.1, -0.05) is 17.7 Å². The molecule has 7 N–H and O–H groups in total. The van der Waals surface area contributed by atoms with Crippen LogP contribution in [0.4, 0.5) is 37.3 Å².